The van der Waals surface area contributed by atoms with Crippen LogP contribution in [0.25, 0.3) is 11.1 Å². The molecule has 0 aliphatic heterocycles. The largest absolute Gasteiger partial charge is 0.0622 e. The standard InChI is InChI=1S/C44H50Si/c1-25(2)33-21-35(27(5)6)41-37(23-33)43(29(9)39(41)31-17-13-11-14-18-31)45-44-30(10)40(32-19-15-12-16-20-32)42-36(28(7)8)22-34(26(3)4)24-38(42)44/h11-28H,45H2,1-10H3. The van der Waals surface area contributed by atoms with E-state index < -0.39 is 9.52 Å². The molecule has 0 heterocycles. The summed E-state index contributed by atoms with van der Waals surface area (Å²) in [4.78, 5) is 0. The zero-order valence-electron chi connectivity index (χ0n) is 29.1. The van der Waals surface area contributed by atoms with Crippen LogP contribution in [-0.2, 0) is 0 Å². The number of benzene rings is 4. The number of rotatable bonds is 8. The highest BCUT2D eigenvalue weighted by molar-refractivity contribution is 6.57. The van der Waals surface area contributed by atoms with Crippen molar-refractivity contribution in [3.8, 4) is 0 Å². The van der Waals surface area contributed by atoms with E-state index in [1.807, 2.05) is 0 Å². The summed E-state index contributed by atoms with van der Waals surface area (Å²) in [5, 5.41) is 0. The molecule has 0 atom stereocenters. The molecule has 0 spiro atoms. The van der Waals surface area contributed by atoms with E-state index in [0.29, 0.717) is 23.7 Å². The van der Waals surface area contributed by atoms with Crippen molar-refractivity contribution in [3.05, 3.63) is 163 Å². The average Bonchev–Trinajstić information content (AvgIpc) is 3.46. The predicted molar refractivity (Wildman–Crippen MR) is 199 cm³/mol. The van der Waals surface area contributed by atoms with Crippen LogP contribution in [0.15, 0.2) is 96.1 Å². The molecule has 2 aliphatic carbocycles. The fourth-order valence-electron chi connectivity index (χ4n) is 7.63. The predicted octanol–water partition coefficient (Wildman–Crippen LogP) is 11.5. The molecule has 45 heavy (non-hydrogen) atoms. The van der Waals surface area contributed by atoms with Gasteiger partial charge in [0.05, 0.1) is 9.52 Å². The summed E-state index contributed by atoms with van der Waals surface area (Å²) in [7, 11) is -0.866. The molecule has 4 aromatic rings. The molecule has 230 valence electrons. The van der Waals surface area contributed by atoms with Crippen LogP contribution >= 0.6 is 0 Å². The van der Waals surface area contributed by atoms with E-state index in [9.17, 15) is 0 Å². The Morgan fingerprint density at radius 2 is 0.800 bits per heavy atom. The zero-order chi connectivity index (χ0) is 32.2. The minimum atomic E-state index is -0.866. The lowest BCUT2D eigenvalue weighted by Gasteiger charge is -2.24. The van der Waals surface area contributed by atoms with Crippen LogP contribution in [-0.4, -0.2) is 9.52 Å². The van der Waals surface area contributed by atoms with Crippen LogP contribution in [0, 0.1) is 11.1 Å². The van der Waals surface area contributed by atoms with Crippen molar-refractivity contribution in [1.29, 1.82) is 0 Å². The molecule has 1 heteroatoms. The molecule has 0 N–H and O–H groups in total. The molecule has 6 rings (SSSR count). The summed E-state index contributed by atoms with van der Waals surface area (Å²) < 4.78 is 0. The third kappa shape index (κ3) is 5.52. The van der Waals surface area contributed by atoms with Crippen LogP contribution in [0.1, 0.15) is 149 Å². The van der Waals surface area contributed by atoms with E-state index in [2.05, 4.69) is 154 Å². The van der Waals surface area contributed by atoms with Crippen molar-refractivity contribution in [2.24, 2.45) is 0 Å². The summed E-state index contributed by atoms with van der Waals surface area (Å²) in [6.45, 7) is 23.7. The smallest absolute Gasteiger partial charge is 0.0575 e. The van der Waals surface area contributed by atoms with Gasteiger partial charge in [-0.3, -0.25) is 0 Å². The normalized spacial score (nSPS) is 15.4. The van der Waals surface area contributed by atoms with Gasteiger partial charge in [-0.1, -0.05) is 151 Å². The van der Waals surface area contributed by atoms with E-state index >= 15 is 0 Å². The molecule has 0 bridgehead atoms. The van der Waals surface area contributed by atoms with Gasteiger partial charge in [-0.05, 0) is 104 Å². The molecule has 0 unspecified atom stereocenters. The van der Waals surface area contributed by atoms with Crippen molar-refractivity contribution in [3.63, 3.8) is 0 Å². The van der Waals surface area contributed by atoms with Gasteiger partial charge in [-0.25, -0.2) is 0 Å². The highest BCUT2D eigenvalue weighted by Crippen LogP contribution is 2.53. The quantitative estimate of drug-likeness (QED) is 0.175. The van der Waals surface area contributed by atoms with Gasteiger partial charge in [0.1, 0.15) is 0 Å². The van der Waals surface area contributed by atoms with E-state index in [1.54, 1.807) is 11.1 Å². The molecular formula is C44H50Si. The molecule has 0 nitrogen and oxygen atoms in total. The first-order valence-electron chi connectivity index (χ1n) is 17.1. The lowest BCUT2D eigenvalue weighted by atomic mass is 9.85. The van der Waals surface area contributed by atoms with Crippen molar-refractivity contribution >= 4 is 20.7 Å². The van der Waals surface area contributed by atoms with Crippen LogP contribution in [0.2, 0.25) is 0 Å². The third-order valence-electron chi connectivity index (χ3n) is 10.2. The molecule has 4 aromatic carbocycles. The SMILES string of the molecule is CC1=C(c2ccccc2)c2c(cc(C(C)C)cc2C(C)C)[C]1[SiH2][C]1C(C)=C(c2ccccc2)c2c1cc(C(C)C)cc2C(C)C. The monoisotopic (exact) mass is 606 g/mol. The lowest BCUT2D eigenvalue weighted by molar-refractivity contribution is 0.829. The first-order valence-corrected chi connectivity index (χ1v) is 18.5. The number of fused-ring (bicyclic) bond motifs is 2. The van der Waals surface area contributed by atoms with E-state index in [1.165, 1.54) is 77.9 Å². The van der Waals surface area contributed by atoms with Gasteiger partial charge in [0, 0.05) is 11.1 Å². The Hall–Kier alpha value is -3.42. The molecule has 0 aromatic heterocycles. The van der Waals surface area contributed by atoms with E-state index in [-0.39, 0.29) is 0 Å². The molecule has 0 saturated carbocycles. The van der Waals surface area contributed by atoms with Crippen LogP contribution in [0.3, 0.4) is 0 Å². The molecular weight excluding hydrogens is 557 g/mol. The van der Waals surface area contributed by atoms with E-state index in [0.717, 1.165) is 0 Å². The fraction of sp³-hybridized carbons (Fsp3) is 0.318. The molecule has 0 amide bonds. The Morgan fingerprint density at radius 1 is 0.444 bits per heavy atom. The minimum Gasteiger partial charge on any atom is -0.0622 e. The summed E-state index contributed by atoms with van der Waals surface area (Å²) in [5.41, 5.74) is 23.7. The maximum atomic E-state index is 2.56. The van der Waals surface area contributed by atoms with Gasteiger partial charge in [-0.15, -0.1) is 0 Å². The van der Waals surface area contributed by atoms with Crippen LogP contribution < -0.4 is 0 Å². The van der Waals surface area contributed by atoms with Crippen LogP contribution in [0.5, 0.6) is 0 Å². The summed E-state index contributed by atoms with van der Waals surface area (Å²) in [6, 6.07) is 32.5. The Kier molecular flexibility index (Phi) is 8.70. The summed E-state index contributed by atoms with van der Waals surface area (Å²) in [5.74, 6) is 1.90. The van der Waals surface area contributed by atoms with Gasteiger partial charge in [0.25, 0.3) is 0 Å². The van der Waals surface area contributed by atoms with Gasteiger partial charge in [-0.2, -0.15) is 0 Å². The third-order valence-corrected chi connectivity index (χ3v) is 12.8. The maximum absolute atomic E-state index is 2.56. The summed E-state index contributed by atoms with van der Waals surface area (Å²) >= 11 is 0. The Morgan fingerprint density at radius 3 is 1.11 bits per heavy atom. The van der Waals surface area contributed by atoms with Crippen molar-refractivity contribution < 1.29 is 0 Å². The Labute approximate surface area is 275 Å². The van der Waals surface area contributed by atoms with Gasteiger partial charge in [0.2, 0.25) is 0 Å². The van der Waals surface area contributed by atoms with Crippen molar-refractivity contribution in [2.75, 3.05) is 0 Å². The Balaban J connectivity index is 1.60. The first kappa shape index (κ1) is 31.6. The second kappa shape index (κ2) is 12.4. The topological polar surface area (TPSA) is 0 Å². The summed E-state index contributed by atoms with van der Waals surface area (Å²) in [6.07, 6.45) is 0. The Bertz CT molecular complexity index is 1650. The first-order chi connectivity index (χ1) is 21.5. The minimum absolute atomic E-state index is 0.457. The van der Waals surface area contributed by atoms with Gasteiger partial charge < -0.3 is 0 Å². The fourth-order valence-corrected chi connectivity index (χ4v) is 9.81. The number of allylic oxidation sites excluding steroid dienone is 2. The van der Waals surface area contributed by atoms with Gasteiger partial charge in [0.15, 0.2) is 0 Å². The van der Waals surface area contributed by atoms with Crippen molar-refractivity contribution in [1.82, 2.24) is 0 Å². The lowest BCUT2D eigenvalue weighted by Crippen LogP contribution is -2.19. The molecule has 2 radical (unpaired) electrons. The maximum Gasteiger partial charge on any atom is 0.0575 e. The van der Waals surface area contributed by atoms with E-state index in [4.69, 9.17) is 0 Å². The van der Waals surface area contributed by atoms with Crippen LogP contribution in [0.4, 0.5) is 0 Å². The highest BCUT2D eigenvalue weighted by Gasteiger charge is 2.40. The second-order valence-electron chi connectivity index (χ2n) is 14.6. The molecule has 0 saturated heterocycles. The zero-order valence-corrected chi connectivity index (χ0v) is 30.5. The van der Waals surface area contributed by atoms with Gasteiger partial charge >= 0.3 is 0 Å². The number of hydrogen-bond acceptors (Lipinski definition) is 0. The number of hydrogen-bond donors (Lipinski definition) is 0. The highest BCUT2D eigenvalue weighted by atomic mass is 28.2. The average molecular weight is 607 g/mol. The molecule has 2 aliphatic rings. The second-order valence-corrected chi connectivity index (χ2v) is 16.3. The van der Waals surface area contributed by atoms with Crippen molar-refractivity contribution in [2.45, 2.75) is 92.9 Å². The molecule has 0 fully saturated rings.